The lowest BCUT2D eigenvalue weighted by atomic mass is 9.91. The topological polar surface area (TPSA) is 179 Å². The molecule has 6 aromatic rings. The summed E-state index contributed by atoms with van der Waals surface area (Å²) in [6.07, 6.45) is 0. The zero-order valence-electron chi connectivity index (χ0n) is 26.7. The monoisotopic (exact) mass is 728 g/mol. The molecule has 0 saturated heterocycles. The van der Waals surface area contributed by atoms with E-state index in [1.165, 1.54) is 36.4 Å². The van der Waals surface area contributed by atoms with Crippen LogP contribution >= 0.6 is 0 Å². The third kappa shape index (κ3) is 5.46. The van der Waals surface area contributed by atoms with Gasteiger partial charge in [-0.05, 0) is 92.1 Å². The highest BCUT2D eigenvalue weighted by Gasteiger charge is 2.33. The van der Waals surface area contributed by atoms with Crippen LogP contribution in [0.2, 0.25) is 0 Å². The number of benzene rings is 6. The number of sulfonamides is 2. The first-order chi connectivity index (χ1) is 24.9. The Balaban J connectivity index is 1.27. The predicted octanol–water partition coefficient (Wildman–Crippen LogP) is 8.07. The SMILES string of the molecule is O=[N+]([O-])c1cccc(S(=O)(=O)Nc2ccc3c(c2)C(=C2c4ccccc4-c4ccc(NS(=O)(=O)c5cccc([N+](=O)[O-])c5)cc42)c2ccccc2-3)c1. The number of nitro benzene ring substituents is 2. The fraction of sp³-hybridized carbons (Fsp3) is 0. The maximum Gasteiger partial charge on any atom is 0.270 e. The fourth-order valence-corrected chi connectivity index (χ4v) is 8.93. The lowest BCUT2D eigenvalue weighted by molar-refractivity contribution is -0.385. The van der Waals surface area contributed by atoms with E-state index in [2.05, 4.69) is 9.44 Å². The van der Waals surface area contributed by atoms with Crippen molar-refractivity contribution in [2.45, 2.75) is 9.79 Å². The quantitative estimate of drug-likeness (QED) is 0.116. The number of nitrogens with zero attached hydrogens (tertiary/aromatic N) is 2. The number of rotatable bonds is 8. The van der Waals surface area contributed by atoms with Gasteiger partial charge in [0.2, 0.25) is 0 Å². The van der Waals surface area contributed by atoms with Gasteiger partial charge in [-0.1, -0.05) is 72.8 Å². The normalized spacial score (nSPS) is 14.2. The summed E-state index contributed by atoms with van der Waals surface area (Å²) in [6.45, 7) is 0. The summed E-state index contributed by atoms with van der Waals surface area (Å²) in [7, 11) is -8.43. The molecule has 8 rings (SSSR count). The molecule has 0 fully saturated rings. The molecule has 6 aromatic carbocycles. The first kappa shape index (κ1) is 32.6. The van der Waals surface area contributed by atoms with Crippen LogP contribution in [-0.4, -0.2) is 26.7 Å². The van der Waals surface area contributed by atoms with Crippen LogP contribution in [0, 0.1) is 20.2 Å². The van der Waals surface area contributed by atoms with Gasteiger partial charge in [0, 0.05) is 35.6 Å². The molecule has 2 aliphatic rings. The van der Waals surface area contributed by atoms with Crippen LogP contribution in [0.15, 0.2) is 143 Å². The van der Waals surface area contributed by atoms with Gasteiger partial charge in [-0.25, -0.2) is 16.8 Å². The van der Waals surface area contributed by atoms with Crippen molar-refractivity contribution in [1.82, 2.24) is 0 Å². The lowest BCUT2D eigenvalue weighted by Gasteiger charge is -2.14. The molecule has 0 spiro atoms. The zero-order chi connectivity index (χ0) is 36.4. The van der Waals surface area contributed by atoms with Gasteiger partial charge in [0.25, 0.3) is 31.4 Å². The van der Waals surface area contributed by atoms with Crippen LogP contribution < -0.4 is 9.44 Å². The van der Waals surface area contributed by atoms with E-state index >= 15 is 0 Å². The Morgan fingerprint density at radius 2 is 0.769 bits per heavy atom. The largest absolute Gasteiger partial charge is 0.280 e. The highest BCUT2D eigenvalue weighted by atomic mass is 32.2. The summed E-state index contributed by atoms with van der Waals surface area (Å²) in [4.78, 5) is 20.8. The average Bonchev–Trinajstić information content (AvgIpc) is 3.62. The fourth-order valence-electron chi connectivity index (χ4n) is 6.76. The van der Waals surface area contributed by atoms with E-state index in [1.54, 1.807) is 24.3 Å². The van der Waals surface area contributed by atoms with Gasteiger partial charge in [-0.15, -0.1) is 0 Å². The molecule has 0 bridgehead atoms. The van der Waals surface area contributed by atoms with Gasteiger partial charge in [-0.3, -0.25) is 29.7 Å². The van der Waals surface area contributed by atoms with Gasteiger partial charge in [0.05, 0.1) is 19.6 Å². The van der Waals surface area contributed by atoms with Crippen LogP contribution in [-0.2, 0) is 20.0 Å². The van der Waals surface area contributed by atoms with E-state index in [4.69, 9.17) is 0 Å². The second-order valence-electron chi connectivity index (χ2n) is 12.1. The third-order valence-electron chi connectivity index (χ3n) is 8.98. The molecule has 0 radical (unpaired) electrons. The van der Waals surface area contributed by atoms with Gasteiger partial charge < -0.3 is 0 Å². The molecule has 0 atom stereocenters. The van der Waals surface area contributed by atoms with Crippen molar-refractivity contribution in [3.63, 3.8) is 0 Å². The van der Waals surface area contributed by atoms with Crippen LogP contribution in [0.5, 0.6) is 0 Å². The van der Waals surface area contributed by atoms with E-state index in [-0.39, 0.29) is 32.5 Å². The molecular weight excluding hydrogens is 705 g/mol. The van der Waals surface area contributed by atoms with Crippen molar-refractivity contribution < 1.29 is 26.7 Å². The Morgan fingerprint density at radius 1 is 0.404 bits per heavy atom. The standard InChI is InChI=1S/C38H24N4O8S2/c43-41(44)25-7-5-9-27(21-25)51(47,48)39-23-15-17-31-29-11-1-3-13-33(29)37(35(31)19-23)38-34-14-4-2-12-30(34)32-18-16-24(20-36(32)38)40-52(49,50)28-10-6-8-26(22-28)42(45)46/h1-22,39-40H. The molecule has 0 heterocycles. The van der Waals surface area contributed by atoms with E-state index in [0.717, 1.165) is 67.8 Å². The van der Waals surface area contributed by atoms with Crippen LogP contribution in [0.1, 0.15) is 22.3 Å². The zero-order valence-corrected chi connectivity index (χ0v) is 28.3. The average molecular weight is 729 g/mol. The van der Waals surface area contributed by atoms with E-state index in [9.17, 15) is 37.1 Å². The van der Waals surface area contributed by atoms with Crippen molar-refractivity contribution in [3.05, 3.63) is 176 Å². The van der Waals surface area contributed by atoms with Crippen molar-refractivity contribution in [3.8, 4) is 22.3 Å². The maximum atomic E-state index is 13.4. The van der Waals surface area contributed by atoms with Crippen LogP contribution in [0.4, 0.5) is 22.7 Å². The summed E-state index contributed by atoms with van der Waals surface area (Å²) < 4.78 is 58.9. The van der Waals surface area contributed by atoms with E-state index in [0.29, 0.717) is 0 Å². The molecule has 2 aliphatic carbocycles. The van der Waals surface area contributed by atoms with E-state index < -0.39 is 29.9 Å². The minimum Gasteiger partial charge on any atom is -0.280 e. The number of nitrogens with one attached hydrogen (secondary N) is 2. The number of anilines is 2. The molecule has 0 aromatic heterocycles. The Hall–Kier alpha value is -6.64. The van der Waals surface area contributed by atoms with Crippen LogP contribution in [0.3, 0.4) is 0 Å². The highest BCUT2D eigenvalue weighted by Crippen LogP contribution is 2.55. The van der Waals surface area contributed by atoms with Crippen molar-refractivity contribution >= 4 is 53.9 Å². The molecule has 0 aliphatic heterocycles. The number of hydrogen-bond donors (Lipinski definition) is 2. The molecule has 0 amide bonds. The summed E-state index contributed by atoms with van der Waals surface area (Å²) in [5.41, 5.74) is 8.11. The smallest absolute Gasteiger partial charge is 0.270 e. The maximum absolute atomic E-state index is 13.4. The number of hydrogen-bond acceptors (Lipinski definition) is 8. The molecule has 256 valence electrons. The second-order valence-corrected chi connectivity index (χ2v) is 15.4. The molecular formula is C38H24N4O8S2. The molecule has 52 heavy (non-hydrogen) atoms. The third-order valence-corrected chi connectivity index (χ3v) is 11.7. The number of fused-ring (bicyclic) bond motifs is 6. The van der Waals surface area contributed by atoms with E-state index in [1.807, 2.05) is 60.7 Å². The Morgan fingerprint density at radius 3 is 1.15 bits per heavy atom. The van der Waals surface area contributed by atoms with Crippen LogP contribution in [0.25, 0.3) is 33.4 Å². The first-order valence-electron chi connectivity index (χ1n) is 15.7. The number of non-ortho nitro benzene ring substituents is 2. The van der Waals surface area contributed by atoms with Gasteiger partial charge in [0.1, 0.15) is 0 Å². The van der Waals surface area contributed by atoms with Crippen molar-refractivity contribution in [2.75, 3.05) is 9.44 Å². The molecule has 12 nitrogen and oxygen atoms in total. The van der Waals surface area contributed by atoms with Gasteiger partial charge >= 0.3 is 0 Å². The summed E-state index contributed by atoms with van der Waals surface area (Å²) in [6, 6.07) is 35.5. The first-order valence-corrected chi connectivity index (χ1v) is 18.7. The molecule has 0 unspecified atom stereocenters. The highest BCUT2D eigenvalue weighted by molar-refractivity contribution is 7.93. The lowest BCUT2D eigenvalue weighted by Crippen LogP contribution is -2.13. The Bertz CT molecular complexity index is 2610. The minimum atomic E-state index is -4.21. The minimum absolute atomic E-state index is 0.237. The summed E-state index contributed by atoms with van der Waals surface area (Å²) >= 11 is 0. The molecule has 0 saturated carbocycles. The Kier molecular flexibility index (Phi) is 7.51. The predicted molar refractivity (Wildman–Crippen MR) is 197 cm³/mol. The summed E-state index contributed by atoms with van der Waals surface area (Å²) in [5, 5.41) is 22.7. The second kappa shape index (κ2) is 12.0. The molecule has 2 N–H and O–H groups in total. The van der Waals surface area contributed by atoms with Gasteiger partial charge in [0.15, 0.2) is 0 Å². The van der Waals surface area contributed by atoms with Gasteiger partial charge in [-0.2, -0.15) is 0 Å². The van der Waals surface area contributed by atoms with Crippen molar-refractivity contribution in [1.29, 1.82) is 0 Å². The Labute approximate surface area is 297 Å². The summed E-state index contributed by atoms with van der Waals surface area (Å²) in [5.74, 6) is 0. The molecule has 14 heteroatoms. The number of nitro groups is 2. The van der Waals surface area contributed by atoms with Crippen molar-refractivity contribution in [2.24, 2.45) is 0 Å².